The van der Waals surface area contributed by atoms with E-state index in [4.69, 9.17) is 5.11 Å². The molecule has 2 heterocycles. The third-order valence-electron chi connectivity index (χ3n) is 3.27. The largest absolute Gasteiger partial charge is 0.480 e. The van der Waals surface area contributed by atoms with Gasteiger partial charge in [0.1, 0.15) is 11.9 Å². The first-order chi connectivity index (χ1) is 8.58. The predicted octanol–water partition coefficient (Wildman–Crippen LogP) is 0.816. The van der Waals surface area contributed by atoms with Crippen molar-refractivity contribution in [2.45, 2.75) is 13.0 Å². The molecule has 5 nitrogen and oxygen atoms in total. The fraction of sp³-hybridized carbons (Fsp3) is 0.500. The van der Waals surface area contributed by atoms with Gasteiger partial charge in [0.2, 0.25) is 0 Å². The fourth-order valence-electron chi connectivity index (χ4n) is 2.10. The van der Waals surface area contributed by atoms with Gasteiger partial charge in [-0.2, -0.15) is 0 Å². The molecule has 98 valence electrons. The van der Waals surface area contributed by atoms with E-state index in [-0.39, 0.29) is 5.82 Å². The van der Waals surface area contributed by atoms with Crippen molar-refractivity contribution in [3.8, 4) is 0 Å². The second kappa shape index (κ2) is 5.30. The van der Waals surface area contributed by atoms with Crippen molar-refractivity contribution in [1.82, 2.24) is 9.88 Å². The zero-order valence-corrected chi connectivity index (χ0v) is 10.2. The number of carboxylic acid groups (broad SMARTS) is 1. The number of rotatable bonds is 3. The lowest BCUT2D eigenvalue weighted by molar-refractivity contribution is -0.142. The average molecular weight is 253 g/mol. The van der Waals surface area contributed by atoms with Gasteiger partial charge in [0, 0.05) is 32.2 Å². The first kappa shape index (κ1) is 12.8. The van der Waals surface area contributed by atoms with Crippen LogP contribution in [0.15, 0.2) is 18.5 Å². The summed E-state index contributed by atoms with van der Waals surface area (Å²) in [4.78, 5) is 18.6. The Balaban J connectivity index is 1.96. The SMILES string of the molecule is CC(C(=O)O)N1CCN(c2cncc(F)c2)CC1. The number of aliphatic carboxylic acids is 1. The highest BCUT2D eigenvalue weighted by Crippen LogP contribution is 2.17. The molecule has 0 radical (unpaired) electrons. The van der Waals surface area contributed by atoms with Crippen LogP contribution >= 0.6 is 0 Å². The lowest BCUT2D eigenvalue weighted by atomic mass is 10.2. The lowest BCUT2D eigenvalue weighted by Crippen LogP contribution is -2.51. The monoisotopic (exact) mass is 253 g/mol. The standard InChI is InChI=1S/C12H16FN3O2/c1-9(12(17)18)15-2-4-16(5-3-15)11-6-10(13)7-14-8-11/h6-9H,2-5H2,1H3,(H,17,18). The third-order valence-corrected chi connectivity index (χ3v) is 3.27. The van der Waals surface area contributed by atoms with Crippen LogP contribution in [0.2, 0.25) is 0 Å². The molecule has 0 aromatic carbocycles. The van der Waals surface area contributed by atoms with Crippen molar-refractivity contribution < 1.29 is 14.3 Å². The Morgan fingerprint density at radius 1 is 1.39 bits per heavy atom. The molecule has 0 saturated carbocycles. The molecule has 0 aliphatic carbocycles. The molecule has 18 heavy (non-hydrogen) atoms. The summed E-state index contributed by atoms with van der Waals surface area (Å²) in [6.07, 6.45) is 2.80. The molecule has 1 fully saturated rings. The maximum Gasteiger partial charge on any atom is 0.320 e. The molecule has 1 N–H and O–H groups in total. The van der Waals surface area contributed by atoms with Crippen LogP contribution in [-0.4, -0.2) is 53.2 Å². The minimum Gasteiger partial charge on any atom is -0.480 e. The Labute approximate surface area is 105 Å². The topological polar surface area (TPSA) is 56.7 Å². The molecule has 2 rings (SSSR count). The summed E-state index contributed by atoms with van der Waals surface area (Å²) in [7, 11) is 0. The molecule has 0 spiro atoms. The first-order valence-electron chi connectivity index (χ1n) is 5.90. The molecular formula is C12H16FN3O2. The average Bonchev–Trinajstić information content (AvgIpc) is 2.38. The summed E-state index contributed by atoms with van der Waals surface area (Å²) in [5.74, 6) is -1.16. The molecule has 1 aromatic rings. The highest BCUT2D eigenvalue weighted by atomic mass is 19.1. The van der Waals surface area contributed by atoms with E-state index >= 15 is 0 Å². The van der Waals surface area contributed by atoms with E-state index < -0.39 is 12.0 Å². The van der Waals surface area contributed by atoms with Gasteiger partial charge in [0.05, 0.1) is 18.1 Å². The second-order valence-electron chi connectivity index (χ2n) is 4.40. The highest BCUT2D eigenvalue weighted by molar-refractivity contribution is 5.72. The van der Waals surface area contributed by atoms with Crippen LogP contribution in [0, 0.1) is 5.82 Å². The minimum atomic E-state index is -0.809. The van der Waals surface area contributed by atoms with Crippen molar-refractivity contribution in [1.29, 1.82) is 0 Å². The normalized spacial score (nSPS) is 18.7. The van der Waals surface area contributed by atoms with E-state index in [0.717, 1.165) is 5.69 Å². The van der Waals surface area contributed by atoms with Crippen LogP contribution in [0.4, 0.5) is 10.1 Å². The van der Waals surface area contributed by atoms with Gasteiger partial charge in [0.15, 0.2) is 0 Å². The van der Waals surface area contributed by atoms with Crippen molar-refractivity contribution >= 4 is 11.7 Å². The molecule has 6 heteroatoms. The zero-order chi connectivity index (χ0) is 13.1. The second-order valence-corrected chi connectivity index (χ2v) is 4.40. The van der Waals surface area contributed by atoms with Crippen molar-refractivity contribution in [2.75, 3.05) is 31.1 Å². The molecule has 1 unspecified atom stereocenters. The summed E-state index contributed by atoms with van der Waals surface area (Å²) in [5, 5.41) is 8.94. The zero-order valence-electron chi connectivity index (χ0n) is 10.2. The van der Waals surface area contributed by atoms with Crippen LogP contribution in [0.25, 0.3) is 0 Å². The molecule has 0 amide bonds. The number of carbonyl (C=O) groups is 1. The van der Waals surface area contributed by atoms with Gasteiger partial charge >= 0.3 is 5.97 Å². The molecule has 0 bridgehead atoms. The van der Waals surface area contributed by atoms with Crippen LogP contribution in [0.3, 0.4) is 0 Å². The Morgan fingerprint density at radius 3 is 2.61 bits per heavy atom. The molecule has 1 aromatic heterocycles. The number of halogens is 1. The van der Waals surface area contributed by atoms with E-state index in [1.807, 2.05) is 9.80 Å². The van der Waals surface area contributed by atoms with Crippen LogP contribution in [0.1, 0.15) is 6.92 Å². The van der Waals surface area contributed by atoms with Gasteiger partial charge in [-0.1, -0.05) is 0 Å². The summed E-state index contributed by atoms with van der Waals surface area (Å²) < 4.78 is 13.1. The summed E-state index contributed by atoms with van der Waals surface area (Å²) in [5.41, 5.74) is 0.748. The predicted molar refractivity (Wildman–Crippen MR) is 65.1 cm³/mol. The fourth-order valence-corrected chi connectivity index (χ4v) is 2.10. The molecule has 1 aliphatic heterocycles. The van der Waals surface area contributed by atoms with Crippen LogP contribution < -0.4 is 4.90 Å². The quantitative estimate of drug-likeness (QED) is 0.864. The van der Waals surface area contributed by atoms with Gasteiger partial charge in [-0.3, -0.25) is 14.7 Å². The van der Waals surface area contributed by atoms with Gasteiger partial charge < -0.3 is 10.0 Å². The molecule has 1 atom stereocenters. The van der Waals surface area contributed by atoms with Crippen molar-refractivity contribution in [3.05, 3.63) is 24.3 Å². The Morgan fingerprint density at radius 2 is 2.06 bits per heavy atom. The number of anilines is 1. The minimum absolute atomic E-state index is 0.353. The summed E-state index contributed by atoms with van der Waals surface area (Å²) >= 11 is 0. The van der Waals surface area contributed by atoms with E-state index in [1.54, 1.807) is 13.1 Å². The van der Waals surface area contributed by atoms with Gasteiger partial charge in [0.25, 0.3) is 0 Å². The van der Waals surface area contributed by atoms with Gasteiger partial charge in [-0.15, -0.1) is 0 Å². The Kier molecular flexibility index (Phi) is 3.76. The summed E-state index contributed by atoms with van der Waals surface area (Å²) in [6.45, 7) is 4.36. The molecule has 1 saturated heterocycles. The highest BCUT2D eigenvalue weighted by Gasteiger charge is 2.25. The van der Waals surface area contributed by atoms with Crippen LogP contribution in [0.5, 0.6) is 0 Å². The number of piperazine rings is 1. The van der Waals surface area contributed by atoms with Crippen molar-refractivity contribution in [3.63, 3.8) is 0 Å². The van der Waals surface area contributed by atoms with E-state index in [2.05, 4.69) is 4.98 Å². The maximum absolute atomic E-state index is 13.1. The van der Waals surface area contributed by atoms with E-state index in [9.17, 15) is 9.18 Å². The van der Waals surface area contributed by atoms with Crippen LogP contribution in [-0.2, 0) is 4.79 Å². The smallest absolute Gasteiger partial charge is 0.320 e. The number of nitrogens with zero attached hydrogens (tertiary/aromatic N) is 3. The van der Waals surface area contributed by atoms with E-state index in [1.165, 1.54) is 12.3 Å². The van der Waals surface area contributed by atoms with Crippen molar-refractivity contribution in [2.24, 2.45) is 0 Å². The third kappa shape index (κ3) is 2.76. The number of hydrogen-bond donors (Lipinski definition) is 1. The first-order valence-corrected chi connectivity index (χ1v) is 5.90. The number of carboxylic acids is 1. The number of pyridine rings is 1. The number of aromatic nitrogens is 1. The number of hydrogen-bond acceptors (Lipinski definition) is 4. The summed E-state index contributed by atoms with van der Waals surface area (Å²) in [6, 6.07) is 0.973. The van der Waals surface area contributed by atoms with E-state index in [0.29, 0.717) is 26.2 Å². The lowest BCUT2D eigenvalue weighted by Gasteiger charge is -2.37. The van der Waals surface area contributed by atoms with Gasteiger partial charge in [-0.25, -0.2) is 4.39 Å². The maximum atomic E-state index is 13.1. The Hall–Kier alpha value is -1.69. The molecule has 1 aliphatic rings. The van der Waals surface area contributed by atoms with Gasteiger partial charge in [-0.05, 0) is 6.92 Å². The Bertz CT molecular complexity index is 433. The molecular weight excluding hydrogens is 237 g/mol.